The third-order valence-electron chi connectivity index (χ3n) is 1.82. The summed E-state index contributed by atoms with van der Waals surface area (Å²) in [6.07, 6.45) is 1.36. The molecule has 0 aliphatic rings. The van der Waals surface area contributed by atoms with Crippen molar-refractivity contribution in [3.8, 4) is 0 Å². The van der Waals surface area contributed by atoms with E-state index in [2.05, 4.69) is 26.1 Å². The zero-order valence-electron chi connectivity index (χ0n) is 10.1. The number of nitrogens with one attached hydrogen (secondary N) is 1. The van der Waals surface area contributed by atoms with Crippen LogP contribution >= 0.6 is 0 Å². The Morgan fingerprint density at radius 2 is 1.71 bits per heavy atom. The summed E-state index contributed by atoms with van der Waals surface area (Å²) in [4.78, 5) is 11.4. The molecule has 84 valence electrons. The molecule has 0 heterocycles. The van der Waals surface area contributed by atoms with E-state index in [1.54, 1.807) is 0 Å². The van der Waals surface area contributed by atoms with E-state index in [1.807, 2.05) is 13.8 Å². The summed E-state index contributed by atoms with van der Waals surface area (Å²) >= 11 is 0. The van der Waals surface area contributed by atoms with Crippen LogP contribution in [0.25, 0.3) is 0 Å². The van der Waals surface area contributed by atoms with Crippen LogP contribution in [0, 0.1) is 5.41 Å². The van der Waals surface area contributed by atoms with E-state index in [-0.39, 0.29) is 16.9 Å². The SMILES string of the molecule is CC(C)(C)CC(C)(C)NC(=O)CCN. The molecule has 14 heavy (non-hydrogen) atoms. The average molecular weight is 200 g/mol. The smallest absolute Gasteiger partial charge is 0.221 e. The molecular formula is C11H24N2O. The first-order valence-electron chi connectivity index (χ1n) is 5.17. The molecule has 0 aliphatic carbocycles. The van der Waals surface area contributed by atoms with Gasteiger partial charge in [-0.2, -0.15) is 0 Å². The van der Waals surface area contributed by atoms with Gasteiger partial charge >= 0.3 is 0 Å². The lowest BCUT2D eigenvalue weighted by molar-refractivity contribution is -0.122. The summed E-state index contributed by atoms with van der Waals surface area (Å²) in [5, 5.41) is 2.99. The molecule has 0 fully saturated rings. The summed E-state index contributed by atoms with van der Waals surface area (Å²) in [5.41, 5.74) is 5.39. The second-order valence-electron chi connectivity index (χ2n) is 5.71. The van der Waals surface area contributed by atoms with Gasteiger partial charge in [0.05, 0.1) is 0 Å². The molecule has 3 heteroatoms. The lowest BCUT2D eigenvalue weighted by atomic mass is 9.82. The molecule has 3 N–H and O–H groups in total. The zero-order chi connectivity index (χ0) is 11.4. The normalized spacial score (nSPS) is 12.7. The van der Waals surface area contributed by atoms with Crippen molar-refractivity contribution in [1.82, 2.24) is 5.32 Å². The highest BCUT2D eigenvalue weighted by atomic mass is 16.1. The molecule has 0 saturated carbocycles. The molecular weight excluding hydrogens is 176 g/mol. The van der Waals surface area contributed by atoms with Gasteiger partial charge in [-0.25, -0.2) is 0 Å². The van der Waals surface area contributed by atoms with Gasteiger partial charge in [0.1, 0.15) is 0 Å². The molecule has 0 rings (SSSR count). The Kier molecular flexibility index (Phi) is 4.59. The number of carbonyl (C=O) groups is 1. The molecule has 0 radical (unpaired) electrons. The van der Waals surface area contributed by atoms with Crippen molar-refractivity contribution in [2.75, 3.05) is 6.54 Å². The number of hydrogen-bond donors (Lipinski definition) is 2. The lowest BCUT2D eigenvalue weighted by Gasteiger charge is -2.33. The molecule has 0 saturated heterocycles. The minimum Gasteiger partial charge on any atom is -0.351 e. The predicted octanol–water partition coefficient (Wildman–Crippen LogP) is 1.67. The van der Waals surface area contributed by atoms with Crippen molar-refractivity contribution in [2.45, 2.75) is 53.0 Å². The summed E-state index contributed by atoms with van der Waals surface area (Å²) in [5.74, 6) is 0.0433. The van der Waals surface area contributed by atoms with Crippen LogP contribution in [0.4, 0.5) is 0 Å². The van der Waals surface area contributed by atoms with E-state index in [0.717, 1.165) is 6.42 Å². The highest BCUT2D eigenvalue weighted by molar-refractivity contribution is 5.76. The number of carbonyl (C=O) groups excluding carboxylic acids is 1. The van der Waals surface area contributed by atoms with Crippen LogP contribution in [0.2, 0.25) is 0 Å². The number of rotatable bonds is 4. The highest BCUT2D eigenvalue weighted by Gasteiger charge is 2.26. The first-order valence-corrected chi connectivity index (χ1v) is 5.17. The lowest BCUT2D eigenvalue weighted by Crippen LogP contribution is -2.46. The molecule has 1 amide bonds. The van der Waals surface area contributed by atoms with E-state index in [4.69, 9.17) is 5.73 Å². The largest absolute Gasteiger partial charge is 0.351 e. The number of nitrogens with two attached hydrogens (primary N) is 1. The molecule has 0 aromatic rings. The number of amides is 1. The zero-order valence-corrected chi connectivity index (χ0v) is 10.1. The van der Waals surface area contributed by atoms with Gasteiger partial charge in [-0.05, 0) is 25.7 Å². The van der Waals surface area contributed by atoms with Crippen LogP contribution in [0.3, 0.4) is 0 Å². The van der Waals surface area contributed by atoms with Crippen LogP contribution < -0.4 is 11.1 Å². The van der Waals surface area contributed by atoms with Crippen molar-refractivity contribution >= 4 is 5.91 Å². The molecule has 0 bridgehead atoms. The Hall–Kier alpha value is -0.570. The van der Waals surface area contributed by atoms with Crippen LogP contribution in [0.1, 0.15) is 47.5 Å². The van der Waals surface area contributed by atoms with Crippen LogP contribution in [0.15, 0.2) is 0 Å². The minimum atomic E-state index is -0.148. The van der Waals surface area contributed by atoms with E-state index < -0.39 is 0 Å². The van der Waals surface area contributed by atoms with E-state index in [9.17, 15) is 4.79 Å². The highest BCUT2D eigenvalue weighted by Crippen LogP contribution is 2.26. The topological polar surface area (TPSA) is 55.1 Å². The summed E-state index contributed by atoms with van der Waals surface area (Å²) < 4.78 is 0. The summed E-state index contributed by atoms with van der Waals surface area (Å²) in [6.45, 7) is 11.0. The quantitative estimate of drug-likeness (QED) is 0.725. The first-order chi connectivity index (χ1) is 6.16. The van der Waals surface area contributed by atoms with Gasteiger partial charge in [0.25, 0.3) is 0 Å². The van der Waals surface area contributed by atoms with Gasteiger partial charge in [-0.15, -0.1) is 0 Å². The maximum Gasteiger partial charge on any atom is 0.221 e. The third-order valence-corrected chi connectivity index (χ3v) is 1.82. The van der Waals surface area contributed by atoms with Crippen molar-refractivity contribution in [3.63, 3.8) is 0 Å². The molecule has 0 spiro atoms. The Labute approximate surface area is 87.4 Å². The number of hydrogen-bond acceptors (Lipinski definition) is 2. The molecule has 3 nitrogen and oxygen atoms in total. The third kappa shape index (κ3) is 6.89. The Balaban J connectivity index is 4.13. The standard InChI is InChI=1S/C11H24N2O/c1-10(2,3)8-11(4,5)13-9(14)6-7-12/h6-8,12H2,1-5H3,(H,13,14). The predicted molar refractivity (Wildman–Crippen MR) is 60.0 cm³/mol. The minimum absolute atomic E-state index is 0.0433. The second-order valence-corrected chi connectivity index (χ2v) is 5.71. The van der Waals surface area contributed by atoms with Crippen molar-refractivity contribution in [3.05, 3.63) is 0 Å². The van der Waals surface area contributed by atoms with Gasteiger partial charge in [0.2, 0.25) is 5.91 Å². The molecule has 0 aromatic carbocycles. The second kappa shape index (κ2) is 4.78. The van der Waals surface area contributed by atoms with E-state index in [1.165, 1.54) is 0 Å². The fraction of sp³-hybridized carbons (Fsp3) is 0.909. The molecule has 0 atom stereocenters. The van der Waals surface area contributed by atoms with Gasteiger partial charge in [-0.1, -0.05) is 20.8 Å². The fourth-order valence-electron chi connectivity index (χ4n) is 1.94. The molecule has 0 unspecified atom stereocenters. The Morgan fingerprint density at radius 3 is 2.07 bits per heavy atom. The first kappa shape index (κ1) is 13.4. The Bertz CT molecular complexity index is 192. The molecule has 0 aliphatic heterocycles. The monoisotopic (exact) mass is 200 g/mol. The van der Waals surface area contributed by atoms with E-state index in [0.29, 0.717) is 13.0 Å². The fourth-order valence-corrected chi connectivity index (χ4v) is 1.94. The van der Waals surface area contributed by atoms with Crippen LogP contribution in [-0.4, -0.2) is 18.0 Å². The maximum atomic E-state index is 11.4. The van der Waals surface area contributed by atoms with Crippen molar-refractivity contribution in [2.24, 2.45) is 11.1 Å². The van der Waals surface area contributed by atoms with Gasteiger partial charge in [-0.3, -0.25) is 4.79 Å². The summed E-state index contributed by atoms with van der Waals surface area (Å²) in [6, 6.07) is 0. The van der Waals surface area contributed by atoms with Crippen LogP contribution in [0.5, 0.6) is 0 Å². The van der Waals surface area contributed by atoms with E-state index >= 15 is 0 Å². The maximum absolute atomic E-state index is 11.4. The van der Waals surface area contributed by atoms with Gasteiger partial charge < -0.3 is 11.1 Å². The average Bonchev–Trinajstić information content (AvgIpc) is 1.78. The molecule has 0 aromatic heterocycles. The van der Waals surface area contributed by atoms with Crippen molar-refractivity contribution < 1.29 is 4.79 Å². The Morgan fingerprint density at radius 1 is 1.21 bits per heavy atom. The summed E-state index contributed by atoms with van der Waals surface area (Å²) in [7, 11) is 0. The van der Waals surface area contributed by atoms with Crippen LogP contribution in [-0.2, 0) is 4.79 Å². The van der Waals surface area contributed by atoms with Crippen molar-refractivity contribution in [1.29, 1.82) is 0 Å². The van der Waals surface area contributed by atoms with Gasteiger partial charge in [0, 0.05) is 18.5 Å². The van der Waals surface area contributed by atoms with Gasteiger partial charge in [0.15, 0.2) is 0 Å².